The average Bonchev–Trinajstić information content (AvgIpc) is 2.82. The van der Waals surface area contributed by atoms with Gasteiger partial charge in [-0.1, -0.05) is 36.5 Å². The highest BCUT2D eigenvalue weighted by atomic mass is 32.1. The summed E-state index contributed by atoms with van der Waals surface area (Å²) >= 11 is 4.90. The van der Waals surface area contributed by atoms with Crippen molar-refractivity contribution in [3.8, 4) is 0 Å². The van der Waals surface area contributed by atoms with Crippen LogP contribution in [0, 0.1) is 5.92 Å². The number of aliphatic hydroxyl groups excluding tert-OH is 1. The lowest BCUT2D eigenvalue weighted by molar-refractivity contribution is -0.161. The molecular weight excluding hydrogens is 316 g/mol. The second-order valence-electron chi connectivity index (χ2n) is 5.82. The Bertz CT molecular complexity index is 739. The maximum Gasteiger partial charge on any atom is 0.352 e. The number of fused-ring (bicyclic) bond motifs is 1. The van der Waals surface area contributed by atoms with E-state index in [1.165, 1.54) is 4.90 Å². The van der Waals surface area contributed by atoms with Crippen molar-refractivity contribution in [2.75, 3.05) is 0 Å². The first kappa shape index (κ1) is 15.6. The van der Waals surface area contributed by atoms with Gasteiger partial charge in [-0.05, 0) is 24.5 Å². The second-order valence-corrected chi connectivity index (χ2v) is 6.26. The fourth-order valence-corrected chi connectivity index (χ4v) is 3.50. The smallest absolute Gasteiger partial charge is 0.352 e. The SMILES string of the molecule is C[C@@H](O)[C@H]1C(=O)N2C(C(=O)O)=C(c3ccc(C(N)=S)cc3)C[C@H]12. The zero-order chi connectivity index (χ0) is 16.9. The van der Waals surface area contributed by atoms with E-state index in [1.54, 1.807) is 31.2 Å². The minimum absolute atomic E-state index is 0.0000231. The van der Waals surface area contributed by atoms with Crippen LogP contribution in [0.4, 0.5) is 0 Å². The van der Waals surface area contributed by atoms with Crippen LogP contribution >= 0.6 is 12.2 Å². The molecule has 2 aliphatic heterocycles. The van der Waals surface area contributed by atoms with Crippen LogP contribution in [0.3, 0.4) is 0 Å². The Morgan fingerprint density at radius 2 is 2.00 bits per heavy atom. The number of nitrogens with two attached hydrogens (primary N) is 1. The first-order chi connectivity index (χ1) is 10.8. The third-order valence-corrected chi connectivity index (χ3v) is 4.68. The molecule has 0 radical (unpaired) electrons. The molecule has 0 unspecified atom stereocenters. The molecule has 1 aromatic rings. The summed E-state index contributed by atoms with van der Waals surface area (Å²) in [5.41, 5.74) is 7.56. The Kier molecular flexibility index (Phi) is 3.69. The quantitative estimate of drug-likeness (QED) is 0.555. The maximum absolute atomic E-state index is 12.2. The first-order valence-electron chi connectivity index (χ1n) is 7.20. The average molecular weight is 332 g/mol. The number of β-lactam (4-membered cyclic amide) rings is 1. The number of hydrogen-bond acceptors (Lipinski definition) is 4. The minimum Gasteiger partial charge on any atom is -0.477 e. The van der Waals surface area contributed by atoms with Gasteiger partial charge >= 0.3 is 5.97 Å². The van der Waals surface area contributed by atoms with Gasteiger partial charge in [0.15, 0.2) is 0 Å². The molecule has 0 bridgehead atoms. The molecule has 3 rings (SSSR count). The van der Waals surface area contributed by atoms with Gasteiger partial charge in [-0.25, -0.2) is 4.79 Å². The van der Waals surface area contributed by atoms with E-state index in [-0.39, 0.29) is 22.6 Å². The molecule has 1 aromatic carbocycles. The lowest BCUT2D eigenvalue weighted by Gasteiger charge is -2.44. The zero-order valence-corrected chi connectivity index (χ0v) is 13.2. The molecule has 4 N–H and O–H groups in total. The molecule has 0 aromatic heterocycles. The number of benzene rings is 1. The predicted octanol–water partition coefficient (Wildman–Crippen LogP) is 0.728. The van der Waals surface area contributed by atoms with Crippen molar-refractivity contribution in [3.05, 3.63) is 41.1 Å². The van der Waals surface area contributed by atoms with Crippen LogP contribution in [0.1, 0.15) is 24.5 Å². The largest absolute Gasteiger partial charge is 0.477 e. The van der Waals surface area contributed by atoms with E-state index in [0.717, 1.165) is 0 Å². The summed E-state index contributed by atoms with van der Waals surface area (Å²) < 4.78 is 0. The molecule has 2 heterocycles. The predicted molar refractivity (Wildman–Crippen MR) is 87.3 cm³/mol. The van der Waals surface area contributed by atoms with Crippen molar-refractivity contribution in [3.63, 3.8) is 0 Å². The number of carboxylic acid groups (broad SMARTS) is 1. The third kappa shape index (κ3) is 2.32. The van der Waals surface area contributed by atoms with Crippen LogP contribution in [0.5, 0.6) is 0 Å². The number of amides is 1. The normalized spacial score (nSPS) is 24.3. The number of rotatable bonds is 4. The number of carbonyl (C=O) groups is 2. The van der Waals surface area contributed by atoms with Crippen molar-refractivity contribution >= 4 is 34.7 Å². The van der Waals surface area contributed by atoms with E-state index < -0.39 is 18.0 Å². The van der Waals surface area contributed by atoms with Crippen LogP contribution in [-0.2, 0) is 9.59 Å². The molecule has 1 saturated heterocycles. The molecule has 23 heavy (non-hydrogen) atoms. The molecule has 0 spiro atoms. The Morgan fingerprint density at radius 3 is 2.48 bits per heavy atom. The Morgan fingerprint density at radius 1 is 1.39 bits per heavy atom. The summed E-state index contributed by atoms with van der Waals surface area (Å²) in [6.07, 6.45) is -0.384. The van der Waals surface area contributed by atoms with E-state index in [1.807, 2.05) is 0 Å². The molecule has 7 heteroatoms. The first-order valence-corrected chi connectivity index (χ1v) is 7.61. The number of thiocarbonyl (C=S) groups is 1. The number of aliphatic carboxylic acids is 1. The zero-order valence-electron chi connectivity index (χ0n) is 12.4. The van der Waals surface area contributed by atoms with Gasteiger partial charge in [0.1, 0.15) is 10.7 Å². The number of carboxylic acids is 1. The van der Waals surface area contributed by atoms with E-state index in [4.69, 9.17) is 18.0 Å². The van der Waals surface area contributed by atoms with Crippen molar-refractivity contribution in [1.29, 1.82) is 0 Å². The highest BCUT2D eigenvalue weighted by molar-refractivity contribution is 7.80. The Balaban J connectivity index is 1.99. The molecular formula is C16H16N2O4S. The molecule has 0 saturated carbocycles. The van der Waals surface area contributed by atoms with Gasteiger partial charge in [0.05, 0.1) is 18.1 Å². The van der Waals surface area contributed by atoms with Crippen LogP contribution in [0.25, 0.3) is 5.57 Å². The van der Waals surface area contributed by atoms with Gasteiger partial charge in [-0.3, -0.25) is 4.79 Å². The van der Waals surface area contributed by atoms with E-state index >= 15 is 0 Å². The van der Waals surface area contributed by atoms with Crippen LogP contribution in [-0.4, -0.2) is 44.1 Å². The molecule has 6 nitrogen and oxygen atoms in total. The monoisotopic (exact) mass is 332 g/mol. The minimum atomic E-state index is -1.14. The fraction of sp³-hybridized carbons (Fsp3) is 0.312. The van der Waals surface area contributed by atoms with Gasteiger partial charge in [0.25, 0.3) is 0 Å². The van der Waals surface area contributed by atoms with E-state index in [9.17, 15) is 19.8 Å². The summed E-state index contributed by atoms with van der Waals surface area (Å²) in [7, 11) is 0. The summed E-state index contributed by atoms with van der Waals surface area (Å²) in [5, 5.41) is 19.2. The highest BCUT2D eigenvalue weighted by Gasteiger charge is 2.56. The Labute approximate surface area is 138 Å². The maximum atomic E-state index is 12.2. The van der Waals surface area contributed by atoms with Gasteiger partial charge in [0, 0.05) is 5.56 Å². The molecule has 1 amide bonds. The van der Waals surface area contributed by atoms with E-state index in [2.05, 4.69) is 0 Å². The molecule has 120 valence electrons. The number of nitrogens with zero attached hydrogens (tertiary/aromatic N) is 1. The molecule has 1 fully saturated rings. The third-order valence-electron chi connectivity index (χ3n) is 4.45. The number of carbonyl (C=O) groups excluding carboxylic acids is 1. The summed E-state index contributed by atoms with van der Waals surface area (Å²) in [5.74, 6) is -2.02. The van der Waals surface area contributed by atoms with Crippen molar-refractivity contribution in [2.24, 2.45) is 11.7 Å². The van der Waals surface area contributed by atoms with Gasteiger partial charge in [0.2, 0.25) is 5.91 Å². The highest BCUT2D eigenvalue weighted by Crippen LogP contribution is 2.46. The van der Waals surface area contributed by atoms with Crippen molar-refractivity contribution in [2.45, 2.75) is 25.5 Å². The molecule has 3 atom stereocenters. The number of aliphatic hydroxyl groups is 1. The lowest BCUT2D eigenvalue weighted by atomic mass is 9.82. The Hall–Kier alpha value is -2.25. The van der Waals surface area contributed by atoms with Crippen LogP contribution in [0.15, 0.2) is 30.0 Å². The summed E-state index contributed by atoms with van der Waals surface area (Å²) in [6, 6.07) is 6.67. The van der Waals surface area contributed by atoms with Crippen LogP contribution < -0.4 is 5.73 Å². The molecule has 2 aliphatic rings. The van der Waals surface area contributed by atoms with E-state index in [0.29, 0.717) is 23.1 Å². The van der Waals surface area contributed by atoms with Crippen molar-refractivity contribution < 1.29 is 19.8 Å². The molecule has 0 aliphatic carbocycles. The van der Waals surface area contributed by atoms with Crippen LogP contribution in [0.2, 0.25) is 0 Å². The second kappa shape index (κ2) is 5.43. The summed E-state index contributed by atoms with van der Waals surface area (Å²) in [4.78, 5) is 25.3. The van der Waals surface area contributed by atoms with Gasteiger partial charge in [-0.2, -0.15) is 0 Å². The lowest BCUT2D eigenvalue weighted by Crippen LogP contribution is -2.61. The number of hydrogen-bond donors (Lipinski definition) is 3. The topological polar surface area (TPSA) is 104 Å². The fourth-order valence-electron chi connectivity index (χ4n) is 3.36. The van der Waals surface area contributed by atoms with Gasteiger partial charge in [-0.15, -0.1) is 0 Å². The summed E-state index contributed by atoms with van der Waals surface area (Å²) in [6.45, 7) is 1.55. The van der Waals surface area contributed by atoms with Gasteiger partial charge < -0.3 is 20.8 Å². The van der Waals surface area contributed by atoms with Crippen molar-refractivity contribution in [1.82, 2.24) is 4.90 Å². The standard InChI is InChI=1S/C16H16N2O4S/c1-7(19)12-11-6-10(13(16(21)22)18(11)15(12)20)8-2-4-9(5-3-8)14(17)23/h2-5,7,11-12,19H,6H2,1H3,(H2,17,23)(H,21,22)/t7-,11-,12-/m1/s1.